The molecule has 0 saturated heterocycles. The van der Waals surface area contributed by atoms with Gasteiger partial charge < -0.3 is 4.90 Å². The third kappa shape index (κ3) is 5.93. The van der Waals surface area contributed by atoms with Gasteiger partial charge in [-0.05, 0) is 6.42 Å². The SMILES string of the molecule is CC(C)C(=O)N(C)CCCS(=O)(=O)O. The lowest BCUT2D eigenvalue weighted by atomic mass is 10.2. The Kier molecular flexibility index (Phi) is 5.07. The summed E-state index contributed by atoms with van der Waals surface area (Å²) >= 11 is 0. The minimum absolute atomic E-state index is 0.0275. The Balaban J connectivity index is 3.86. The fourth-order valence-electron chi connectivity index (χ4n) is 1.04. The molecule has 0 spiro atoms. The van der Waals surface area contributed by atoms with E-state index >= 15 is 0 Å². The summed E-state index contributed by atoms with van der Waals surface area (Å²) in [6.07, 6.45) is 0.258. The number of carbonyl (C=O) groups excluding carboxylic acids is 1. The van der Waals surface area contributed by atoms with E-state index in [0.717, 1.165) is 0 Å². The van der Waals surface area contributed by atoms with E-state index in [0.29, 0.717) is 6.54 Å². The van der Waals surface area contributed by atoms with E-state index in [2.05, 4.69) is 0 Å². The molecule has 0 unspecified atom stereocenters. The van der Waals surface area contributed by atoms with E-state index in [-0.39, 0.29) is 24.0 Å². The van der Waals surface area contributed by atoms with Crippen LogP contribution in [-0.2, 0) is 14.9 Å². The normalized spacial score (nSPS) is 11.8. The van der Waals surface area contributed by atoms with Crippen LogP contribution in [0.3, 0.4) is 0 Å². The maximum Gasteiger partial charge on any atom is 0.264 e. The van der Waals surface area contributed by atoms with Gasteiger partial charge in [-0.25, -0.2) is 0 Å². The van der Waals surface area contributed by atoms with Crippen molar-refractivity contribution in [2.24, 2.45) is 5.92 Å². The summed E-state index contributed by atoms with van der Waals surface area (Å²) in [4.78, 5) is 12.8. The van der Waals surface area contributed by atoms with E-state index < -0.39 is 10.1 Å². The molecular formula is C8H17NO4S. The number of carbonyl (C=O) groups is 1. The van der Waals surface area contributed by atoms with Crippen LogP contribution in [-0.4, -0.2) is 43.1 Å². The summed E-state index contributed by atoms with van der Waals surface area (Å²) in [7, 11) is -2.29. The lowest BCUT2D eigenvalue weighted by Gasteiger charge is -2.18. The van der Waals surface area contributed by atoms with Gasteiger partial charge in [0.15, 0.2) is 0 Å². The molecule has 0 radical (unpaired) electrons. The summed E-state index contributed by atoms with van der Waals surface area (Å²) in [6.45, 7) is 3.90. The van der Waals surface area contributed by atoms with Gasteiger partial charge in [-0.2, -0.15) is 8.42 Å². The first-order valence-electron chi connectivity index (χ1n) is 4.44. The number of nitrogens with zero attached hydrogens (tertiary/aromatic N) is 1. The van der Waals surface area contributed by atoms with Gasteiger partial charge in [-0.3, -0.25) is 9.35 Å². The van der Waals surface area contributed by atoms with Gasteiger partial charge in [0, 0.05) is 19.5 Å². The van der Waals surface area contributed by atoms with Crippen LogP contribution in [0.5, 0.6) is 0 Å². The van der Waals surface area contributed by atoms with Crippen LogP contribution in [0.2, 0.25) is 0 Å². The topological polar surface area (TPSA) is 74.7 Å². The van der Waals surface area contributed by atoms with Crippen molar-refractivity contribution in [3.05, 3.63) is 0 Å². The summed E-state index contributed by atoms with van der Waals surface area (Å²) in [5.74, 6) is -0.422. The summed E-state index contributed by atoms with van der Waals surface area (Å²) in [6, 6.07) is 0. The van der Waals surface area contributed by atoms with Crippen molar-refractivity contribution in [2.75, 3.05) is 19.3 Å². The zero-order valence-corrected chi connectivity index (χ0v) is 9.54. The predicted molar refractivity (Wildman–Crippen MR) is 53.5 cm³/mol. The van der Waals surface area contributed by atoms with Crippen LogP contribution in [0.4, 0.5) is 0 Å². The second-order valence-corrected chi connectivity index (χ2v) is 5.13. The standard InChI is InChI=1S/C8H17NO4S/c1-7(2)8(10)9(3)5-4-6-14(11,12)13/h7H,4-6H2,1-3H3,(H,11,12,13). The van der Waals surface area contributed by atoms with Crippen LogP contribution < -0.4 is 0 Å². The average molecular weight is 223 g/mol. The maximum atomic E-state index is 11.3. The molecule has 0 aliphatic rings. The quantitative estimate of drug-likeness (QED) is 0.684. The van der Waals surface area contributed by atoms with Crippen LogP contribution in [0.25, 0.3) is 0 Å². The van der Waals surface area contributed by atoms with Crippen molar-refractivity contribution in [3.63, 3.8) is 0 Å². The van der Waals surface area contributed by atoms with Crippen LogP contribution in [0.15, 0.2) is 0 Å². The fraction of sp³-hybridized carbons (Fsp3) is 0.875. The highest BCUT2D eigenvalue weighted by Gasteiger charge is 2.13. The molecule has 0 aromatic rings. The molecule has 0 saturated carbocycles. The minimum Gasteiger partial charge on any atom is -0.346 e. The smallest absolute Gasteiger partial charge is 0.264 e. The second-order valence-electron chi connectivity index (χ2n) is 3.55. The molecule has 0 aromatic heterocycles. The molecule has 1 N–H and O–H groups in total. The van der Waals surface area contributed by atoms with Gasteiger partial charge in [-0.1, -0.05) is 13.8 Å². The Bertz CT molecular complexity index is 284. The predicted octanol–water partition coefficient (Wildman–Crippen LogP) is 0.379. The molecule has 0 heterocycles. The third-order valence-corrected chi connectivity index (χ3v) is 2.57. The lowest BCUT2D eigenvalue weighted by Crippen LogP contribution is -2.32. The van der Waals surface area contributed by atoms with Crippen LogP contribution >= 0.6 is 0 Å². The lowest BCUT2D eigenvalue weighted by molar-refractivity contribution is -0.133. The van der Waals surface area contributed by atoms with Crippen molar-refractivity contribution in [1.82, 2.24) is 4.90 Å². The van der Waals surface area contributed by atoms with Gasteiger partial charge in [0.1, 0.15) is 0 Å². The first kappa shape index (κ1) is 13.4. The molecule has 0 aliphatic heterocycles. The van der Waals surface area contributed by atoms with Crippen molar-refractivity contribution in [3.8, 4) is 0 Å². The second kappa shape index (κ2) is 5.31. The Morgan fingerprint density at radius 3 is 2.29 bits per heavy atom. The Morgan fingerprint density at radius 2 is 1.93 bits per heavy atom. The first-order valence-corrected chi connectivity index (χ1v) is 6.05. The zero-order valence-electron chi connectivity index (χ0n) is 8.73. The highest BCUT2D eigenvalue weighted by molar-refractivity contribution is 7.85. The van der Waals surface area contributed by atoms with Crippen molar-refractivity contribution in [1.29, 1.82) is 0 Å². The van der Waals surface area contributed by atoms with E-state index in [1.807, 2.05) is 0 Å². The van der Waals surface area contributed by atoms with Crippen molar-refractivity contribution in [2.45, 2.75) is 20.3 Å². The summed E-state index contributed by atoms with van der Waals surface area (Å²) < 4.78 is 29.2. The molecule has 0 fully saturated rings. The molecule has 0 atom stereocenters. The molecular weight excluding hydrogens is 206 g/mol. The number of hydrogen-bond acceptors (Lipinski definition) is 3. The molecule has 0 rings (SSSR count). The number of rotatable bonds is 5. The Hall–Kier alpha value is -0.620. The molecule has 84 valence electrons. The third-order valence-electron chi connectivity index (χ3n) is 1.77. The molecule has 0 aliphatic carbocycles. The zero-order chi connectivity index (χ0) is 11.4. The van der Waals surface area contributed by atoms with Crippen molar-refractivity contribution >= 4 is 16.0 Å². The Labute approximate surface area is 84.8 Å². The Morgan fingerprint density at radius 1 is 1.43 bits per heavy atom. The molecule has 0 aromatic carbocycles. The van der Waals surface area contributed by atoms with Crippen molar-refractivity contribution < 1.29 is 17.8 Å². The molecule has 0 bridgehead atoms. The largest absolute Gasteiger partial charge is 0.346 e. The fourth-order valence-corrected chi connectivity index (χ4v) is 1.53. The van der Waals surface area contributed by atoms with E-state index in [1.54, 1.807) is 20.9 Å². The average Bonchev–Trinajstić information content (AvgIpc) is 2.00. The first-order chi connectivity index (χ1) is 6.24. The molecule has 1 amide bonds. The monoisotopic (exact) mass is 223 g/mol. The summed E-state index contributed by atoms with van der Waals surface area (Å²) in [5.41, 5.74) is 0. The molecule has 5 nitrogen and oxygen atoms in total. The summed E-state index contributed by atoms with van der Waals surface area (Å²) in [5, 5.41) is 0. The van der Waals surface area contributed by atoms with Crippen LogP contribution in [0.1, 0.15) is 20.3 Å². The van der Waals surface area contributed by atoms with Gasteiger partial charge in [0.2, 0.25) is 5.91 Å². The van der Waals surface area contributed by atoms with Crippen LogP contribution in [0, 0.1) is 5.92 Å². The highest BCUT2D eigenvalue weighted by Crippen LogP contribution is 2.00. The van der Waals surface area contributed by atoms with Gasteiger partial charge in [0.25, 0.3) is 10.1 Å². The van der Waals surface area contributed by atoms with E-state index in [1.165, 1.54) is 4.90 Å². The van der Waals surface area contributed by atoms with Gasteiger partial charge in [0.05, 0.1) is 5.75 Å². The van der Waals surface area contributed by atoms with Gasteiger partial charge in [-0.15, -0.1) is 0 Å². The highest BCUT2D eigenvalue weighted by atomic mass is 32.2. The number of hydrogen-bond donors (Lipinski definition) is 1. The minimum atomic E-state index is -3.90. The molecule has 6 heteroatoms. The van der Waals surface area contributed by atoms with Gasteiger partial charge >= 0.3 is 0 Å². The van der Waals surface area contributed by atoms with E-state index in [4.69, 9.17) is 4.55 Å². The maximum absolute atomic E-state index is 11.3. The molecule has 14 heavy (non-hydrogen) atoms. The van der Waals surface area contributed by atoms with E-state index in [9.17, 15) is 13.2 Å². The number of amides is 1.